The maximum Gasteiger partial charge on any atom is 0.324 e. The van der Waals surface area contributed by atoms with Crippen LogP contribution in [0.15, 0.2) is 24.3 Å². The molecule has 1 aliphatic rings. The fourth-order valence-corrected chi connectivity index (χ4v) is 3.80. The van der Waals surface area contributed by atoms with E-state index in [9.17, 15) is 19.8 Å². The number of carbonyl (C=O) groups excluding carboxylic acids is 1. The van der Waals surface area contributed by atoms with Crippen LogP contribution in [0.4, 0.5) is 0 Å². The van der Waals surface area contributed by atoms with E-state index in [2.05, 4.69) is 5.32 Å². The topological polar surface area (TPSA) is 139 Å². The number of carboxylic acid groups (broad SMARTS) is 1. The Labute approximate surface area is 160 Å². The molecule has 8 heteroatoms. The fourth-order valence-electron chi connectivity index (χ4n) is 3.80. The SMILES string of the molecule is [B]CC[C@@H]1CC[C@@H](CNC(=O)[C@@H](N)Cc2ccc(O)cc2)[C@@](N)(C(=O)O)C1. The number of carbonyl (C=O) groups is 2. The standard InChI is InChI=1S/C19H28BN3O4/c20-8-7-13-1-4-14(19(22,10-13)18(26)27)11-23-17(25)16(21)9-12-2-5-15(24)6-3-12/h2-3,5-6,13-14,16,24H,1,4,7-11,21-22H2,(H,23,25)(H,26,27)/t13-,14-,16-,19+/m0/s1. The maximum atomic E-state index is 12.3. The lowest BCUT2D eigenvalue weighted by Gasteiger charge is -2.41. The minimum absolute atomic E-state index is 0.148. The minimum atomic E-state index is -1.37. The van der Waals surface area contributed by atoms with Crippen molar-refractivity contribution < 1.29 is 19.8 Å². The zero-order valence-electron chi connectivity index (χ0n) is 15.4. The Morgan fingerprint density at radius 1 is 1.30 bits per heavy atom. The molecule has 146 valence electrons. The third-order valence-corrected chi connectivity index (χ3v) is 5.50. The molecule has 7 N–H and O–H groups in total. The highest BCUT2D eigenvalue weighted by Gasteiger charge is 2.46. The summed E-state index contributed by atoms with van der Waals surface area (Å²) >= 11 is 0. The molecule has 0 saturated heterocycles. The minimum Gasteiger partial charge on any atom is -0.508 e. The van der Waals surface area contributed by atoms with Gasteiger partial charge in [0.25, 0.3) is 0 Å². The average molecular weight is 373 g/mol. The number of nitrogens with one attached hydrogen (secondary N) is 1. The quantitative estimate of drug-likeness (QED) is 0.422. The average Bonchev–Trinajstić information content (AvgIpc) is 2.62. The second-order valence-electron chi connectivity index (χ2n) is 7.49. The number of amides is 1. The van der Waals surface area contributed by atoms with E-state index in [4.69, 9.17) is 19.3 Å². The van der Waals surface area contributed by atoms with Crippen LogP contribution in [0, 0.1) is 11.8 Å². The largest absolute Gasteiger partial charge is 0.508 e. The Balaban J connectivity index is 1.92. The van der Waals surface area contributed by atoms with E-state index in [0.717, 1.165) is 18.4 Å². The van der Waals surface area contributed by atoms with Crippen LogP contribution in [-0.2, 0) is 16.0 Å². The summed E-state index contributed by atoms with van der Waals surface area (Å²) in [7, 11) is 5.59. The van der Waals surface area contributed by atoms with E-state index >= 15 is 0 Å². The molecule has 0 heterocycles. The number of carboxylic acids is 1. The number of benzene rings is 1. The molecule has 2 rings (SSSR count). The van der Waals surface area contributed by atoms with Gasteiger partial charge in [-0.3, -0.25) is 9.59 Å². The Hall–Kier alpha value is -2.06. The number of phenols is 1. The van der Waals surface area contributed by atoms with Crippen molar-refractivity contribution in [1.29, 1.82) is 0 Å². The molecule has 0 spiro atoms. The molecule has 0 unspecified atom stereocenters. The summed E-state index contributed by atoms with van der Waals surface area (Å²) in [4.78, 5) is 24.1. The number of rotatable bonds is 8. The van der Waals surface area contributed by atoms with Crippen molar-refractivity contribution in [3.63, 3.8) is 0 Å². The molecule has 0 aromatic heterocycles. The van der Waals surface area contributed by atoms with Crippen LogP contribution in [-0.4, -0.2) is 48.1 Å². The van der Waals surface area contributed by atoms with E-state index in [1.807, 2.05) is 0 Å². The van der Waals surface area contributed by atoms with Crippen LogP contribution < -0.4 is 16.8 Å². The fraction of sp³-hybridized carbons (Fsp3) is 0.579. The van der Waals surface area contributed by atoms with Crippen LogP contribution in [0.3, 0.4) is 0 Å². The molecule has 7 nitrogen and oxygen atoms in total. The smallest absolute Gasteiger partial charge is 0.324 e. The predicted octanol–water partition coefficient (Wildman–Crippen LogP) is 0.554. The summed E-state index contributed by atoms with van der Waals surface area (Å²) in [6, 6.07) is 5.72. The summed E-state index contributed by atoms with van der Waals surface area (Å²) in [6.45, 7) is 0.181. The monoisotopic (exact) mass is 373 g/mol. The van der Waals surface area contributed by atoms with Crippen molar-refractivity contribution in [2.24, 2.45) is 23.3 Å². The van der Waals surface area contributed by atoms with Gasteiger partial charge in [0.05, 0.1) is 13.9 Å². The Kier molecular flexibility index (Phi) is 7.27. The lowest BCUT2D eigenvalue weighted by molar-refractivity contribution is -0.148. The molecule has 1 aliphatic carbocycles. The highest BCUT2D eigenvalue weighted by Crippen LogP contribution is 2.37. The molecule has 4 atom stereocenters. The molecule has 0 aliphatic heterocycles. The van der Waals surface area contributed by atoms with Gasteiger partial charge in [0.2, 0.25) is 5.91 Å². The first-order valence-corrected chi connectivity index (χ1v) is 9.29. The molecule has 27 heavy (non-hydrogen) atoms. The van der Waals surface area contributed by atoms with E-state index in [1.165, 1.54) is 12.1 Å². The van der Waals surface area contributed by atoms with E-state index < -0.39 is 17.6 Å². The Morgan fingerprint density at radius 2 is 1.96 bits per heavy atom. The normalized spacial score (nSPS) is 26.3. The summed E-state index contributed by atoms with van der Waals surface area (Å²) in [6.07, 6.45) is 3.42. The molecular formula is C19H28BN3O4. The van der Waals surface area contributed by atoms with Gasteiger partial charge in [-0.15, -0.1) is 0 Å². The van der Waals surface area contributed by atoms with Gasteiger partial charge >= 0.3 is 5.97 Å². The third-order valence-electron chi connectivity index (χ3n) is 5.50. The van der Waals surface area contributed by atoms with Gasteiger partial charge in [0, 0.05) is 12.5 Å². The zero-order chi connectivity index (χ0) is 20.0. The van der Waals surface area contributed by atoms with Crippen LogP contribution >= 0.6 is 0 Å². The van der Waals surface area contributed by atoms with Gasteiger partial charge in [0.15, 0.2) is 0 Å². The van der Waals surface area contributed by atoms with Gasteiger partial charge in [-0.1, -0.05) is 24.9 Å². The van der Waals surface area contributed by atoms with Crippen LogP contribution in [0.25, 0.3) is 0 Å². The molecule has 2 radical (unpaired) electrons. The van der Waals surface area contributed by atoms with Gasteiger partial charge < -0.3 is 27.0 Å². The molecule has 1 saturated carbocycles. The molecular weight excluding hydrogens is 345 g/mol. The van der Waals surface area contributed by atoms with Crippen molar-refractivity contribution in [2.45, 2.75) is 50.0 Å². The summed E-state index contributed by atoms with van der Waals surface area (Å²) < 4.78 is 0. The van der Waals surface area contributed by atoms with Crippen molar-refractivity contribution in [1.82, 2.24) is 5.32 Å². The van der Waals surface area contributed by atoms with Gasteiger partial charge in [-0.25, -0.2) is 0 Å². The second-order valence-corrected chi connectivity index (χ2v) is 7.49. The Morgan fingerprint density at radius 3 is 2.56 bits per heavy atom. The van der Waals surface area contributed by atoms with Crippen LogP contribution in [0.2, 0.25) is 6.32 Å². The van der Waals surface area contributed by atoms with E-state index in [1.54, 1.807) is 12.1 Å². The third kappa shape index (κ3) is 5.46. The maximum absolute atomic E-state index is 12.3. The highest BCUT2D eigenvalue weighted by atomic mass is 16.4. The summed E-state index contributed by atoms with van der Waals surface area (Å²) in [5.74, 6) is -1.40. The second kappa shape index (κ2) is 9.24. The number of hydrogen-bond donors (Lipinski definition) is 5. The summed E-state index contributed by atoms with van der Waals surface area (Å²) in [5, 5.41) is 21.7. The van der Waals surface area contributed by atoms with Crippen LogP contribution in [0.1, 0.15) is 31.2 Å². The number of phenolic OH excluding ortho intramolecular Hbond substituents is 1. The molecule has 1 aromatic carbocycles. The molecule has 1 fully saturated rings. The van der Waals surface area contributed by atoms with E-state index in [0.29, 0.717) is 25.6 Å². The van der Waals surface area contributed by atoms with Crippen molar-refractivity contribution in [3.05, 3.63) is 29.8 Å². The lowest BCUT2D eigenvalue weighted by atomic mass is 9.67. The van der Waals surface area contributed by atoms with Crippen LogP contribution in [0.5, 0.6) is 5.75 Å². The number of aliphatic carboxylic acids is 1. The highest BCUT2D eigenvalue weighted by molar-refractivity contribution is 6.08. The molecule has 1 aromatic rings. The van der Waals surface area contributed by atoms with Crippen molar-refractivity contribution >= 4 is 19.7 Å². The lowest BCUT2D eigenvalue weighted by Crippen LogP contribution is -2.60. The predicted molar refractivity (Wildman–Crippen MR) is 103 cm³/mol. The van der Waals surface area contributed by atoms with Crippen molar-refractivity contribution in [2.75, 3.05) is 6.54 Å². The molecule has 0 bridgehead atoms. The Bertz CT molecular complexity index is 655. The van der Waals surface area contributed by atoms with Gasteiger partial charge in [-0.2, -0.15) is 0 Å². The zero-order valence-corrected chi connectivity index (χ0v) is 15.4. The van der Waals surface area contributed by atoms with Gasteiger partial charge in [0.1, 0.15) is 11.3 Å². The van der Waals surface area contributed by atoms with Gasteiger partial charge in [-0.05, 0) is 49.3 Å². The molecule has 1 amide bonds. The first-order chi connectivity index (χ1) is 12.8. The summed E-state index contributed by atoms with van der Waals surface area (Å²) in [5.41, 5.74) is 11.6. The van der Waals surface area contributed by atoms with E-state index in [-0.39, 0.29) is 30.0 Å². The van der Waals surface area contributed by atoms with Crippen molar-refractivity contribution in [3.8, 4) is 5.75 Å². The number of aromatic hydroxyl groups is 1. The first kappa shape index (κ1) is 21.2. The number of hydrogen-bond acceptors (Lipinski definition) is 5. The first-order valence-electron chi connectivity index (χ1n) is 9.29. The number of nitrogens with two attached hydrogens (primary N) is 2.